The Hall–Kier alpha value is -2.06. The predicted octanol–water partition coefficient (Wildman–Crippen LogP) is 2.89. The minimum Gasteiger partial charge on any atom is -0.371 e. The Kier molecular flexibility index (Phi) is 4.77. The van der Waals surface area contributed by atoms with Crippen LogP contribution in [-0.4, -0.2) is 29.7 Å². The SMILES string of the molecule is Fc1cc(Cc2ncc(C(F)(F)F)cn2)ccc1[C@@H]1CNCCO1. The van der Waals surface area contributed by atoms with E-state index in [1.807, 2.05) is 0 Å². The molecule has 8 heteroatoms. The first-order valence-corrected chi connectivity index (χ1v) is 7.42. The van der Waals surface area contributed by atoms with Gasteiger partial charge in [0.15, 0.2) is 0 Å². The van der Waals surface area contributed by atoms with Crippen LogP contribution in [0.4, 0.5) is 17.6 Å². The molecule has 0 bridgehead atoms. The molecule has 0 radical (unpaired) electrons. The van der Waals surface area contributed by atoms with Gasteiger partial charge in [-0.1, -0.05) is 12.1 Å². The average Bonchev–Trinajstić information content (AvgIpc) is 2.55. The first-order chi connectivity index (χ1) is 11.4. The van der Waals surface area contributed by atoms with Crippen molar-refractivity contribution in [3.63, 3.8) is 0 Å². The number of alkyl halides is 3. The Bertz CT molecular complexity index is 697. The average molecular weight is 341 g/mol. The van der Waals surface area contributed by atoms with Crippen molar-refractivity contribution < 1.29 is 22.3 Å². The molecule has 2 aromatic rings. The normalized spacial score (nSPS) is 18.6. The van der Waals surface area contributed by atoms with Crippen molar-refractivity contribution in [1.82, 2.24) is 15.3 Å². The zero-order chi connectivity index (χ0) is 17.2. The summed E-state index contributed by atoms with van der Waals surface area (Å²) < 4.78 is 57.2. The minimum atomic E-state index is -4.47. The van der Waals surface area contributed by atoms with E-state index < -0.39 is 17.6 Å². The number of rotatable bonds is 3. The molecule has 1 fully saturated rings. The number of hydrogen-bond donors (Lipinski definition) is 1. The number of halogens is 4. The highest BCUT2D eigenvalue weighted by molar-refractivity contribution is 5.28. The van der Waals surface area contributed by atoms with Crippen molar-refractivity contribution in [3.8, 4) is 0 Å². The van der Waals surface area contributed by atoms with Gasteiger partial charge >= 0.3 is 6.18 Å². The number of aromatic nitrogens is 2. The third kappa shape index (κ3) is 3.88. The number of nitrogens with one attached hydrogen (secondary N) is 1. The van der Waals surface area contributed by atoms with Crippen molar-refractivity contribution in [2.75, 3.05) is 19.7 Å². The maximum atomic E-state index is 14.3. The summed E-state index contributed by atoms with van der Waals surface area (Å²) in [6.07, 6.45) is -3.20. The Balaban J connectivity index is 1.72. The van der Waals surface area contributed by atoms with E-state index in [0.717, 1.165) is 18.9 Å². The molecule has 1 aromatic carbocycles. The quantitative estimate of drug-likeness (QED) is 0.872. The van der Waals surface area contributed by atoms with Crippen LogP contribution in [0.25, 0.3) is 0 Å². The van der Waals surface area contributed by atoms with E-state index in [1.54, 1.807) is 12.1 Å². The lowest BCUT2D eigenvalue weighted by Gasteiger charge is -2.24. The lowest BCUT2D eigenvalue weighted by molar-refractivity contribution is -0.138. The Labute approximate surface area is 135 Å². The van der Waals surface area contributed by atoms with Crippen LogP contribution >= 0.6 is 0 Å². The van der Waals surface area contributed by atoms with E-state index in [2.05, 4.69) is 15.3 Å². The lowest BCUT2D eigenvalue weighted by Crippen LogP contribution is -2.33. The van der Waals surface area contributed by atoms with E-state index in [1.165, 1.54) is 6.07 Å². The molecular weight excluding hydrogens is 326 g/mol. The fraction of sp³-hybridized carbons (Fsp3) is 0.375. The zero-order valence-electron chi connectivity index (χ0n) is 12.6. The standard InChI is InChI=1S/C16H15F4N3O/c17-13-5-10(1-2-12(13)14-9-21-3-4-24-14)6-15-22-7-11(8-23-15)16(18,19)20/h1-2,5,7-8,14,21H,3-4,6,9H2/t14-/m0/s1. The number of ether oxygens (including phenoxy) is 1. The van der Waals surface area contributed by atoms with Gasteiger partial charge in [0.2, 0.25) is 0 Å². The second kappa shape index (κ2) is 6.82. The van der Waals surface area contributed by atoms with Gasteiger partial charge in [0.25, 0.3) is 0 Å². The molecule has 0 amide bonds. The first kappa shape index (κ1) is 16.8. The zero-order valence-corrected chi connectivity index (χ0v) is 12.6. The third-order valence-corrected chi connectivity index (χ3v) is 3.73. The highest BCUT2D eigenvalue weighted by atomic mass is 19.4. The molecule has 2 heterocycles. The maximum absolute atomic E-state index is 14.3. The lowest BCUT2D eigenvalue weighted by atomic mass is 10.0. The van der Waals surface area contributed by atoms with Crippen LogP contribution in [-0.2, 0) is 17.3 Å². The summed E-state index contributed by atoms with van der Waals surface area (Å²) in [6, 6.07) is 4.68. The summed E-state index contributed by atoms with van der Waals surface area (Å²) in [5.74, 6) is -0.209. The van der Waals surface area contributed by atoms with Crippen LogP contribution in [0.5, 0.6) is 0 Å². The Morgan fingerprint density at radius 2 is 1.96 bits per heavy atom. The van der Waals surface area contributed by atoms with E-state index >= 15 is 0 Å². The van der Waals surface area contributed by atoms with Crippen LogP contribution < -0.4 is 5.32 Å². The van der Waals surface area contributed by atoms with E-state index in [9.17, 15) is 17.6 Å². The molecule has 1 atom stereocenters. The fourth-order valence-corrected chi connectivity index (χ4v) is 2.48. The first-order valence-electron chi connectivity index (χ1n) is 7.42. The number of morpholine rings is 1. The molecule has 24 heavy (non-hydrogen) atoms. The van der Waals surface area contributed by atoms with Gasteiger partial charge in [0, 0.05) is 37.5 Å². The Morgan fingerprint density at radius 1 is 1.21 bits per heavy atom. The molecule has 1 aliphatic rings. The fourth-order valence-electron chi connectivity index (χ4n) is 2.48. The summed E-state index contributed by atoms with van der Waals surface area (Å²) in [7, 11) is 0. The van der Waals surface area contributed by atoms with Crippen LogP contribution in [0, 0.1) is 5.82 Å². The minimum absolute atomic E-state index is 0.152. The van der Waals surface area contributed by atoms with Crippen molar-refractivity contribution in [3.05, 3.63) is 58.9 Å². The van der Waals surface area contributed by atoms with Gasteiger partial charge in [-0.25, -0.2) is 14.4 Å². The van der Waals surface area contributed by atoms with Crippen molar-refractivity contribution in [2.45, 2.75) is 18.7 Å². The van der Waals surface area contributed by atoms with Gasteiger partial charge in [-0.05, 0) is 11.6 Å². The summed E-state index contributed by atoms with van der Waals surface area (Å²) in [5, 5.41) is 3.13. The van der Waals surface area contributed by atoms with Crippen molar-refractivity contribution >= 4 is 0 Å². The summed E-state index contributed by atoms with van der Waals surface area (Å²) >= 11 is 0. The van der Waals surface area contributed by atoms with Crippen LogP contribution in [0.1, 0.15) is 28.6 Å². The molecule has 0 unspecified atom stereocenters. The van der Waals surface area contributed by atoms with E-state index in [0.29, 0.717) is 24.3 Å². The summed E-state index contributed by atoms with van der Waals surface area (Å²) in [5.41, 5.74) is 0.133. The van der Waals surface area contributed by atoms with E-state index in [-0.39, 0.29) is 18.3 Å². The molecule has 4 nitrogen and oxygen atoms in total. The molecule has 3 rings (SSSR count). The molecular formula is C16H15F4N3O. The van der Waals surface area contributed by atoms with Gasteiger partial charge in [0.1, 0.15) is 11.6 Å². The highest BCUT2D eigenvalue weighted by Gasteiger charge is 2.31. The molecule has 1 saturated heterocycles. The summed E-state index contributed by atoms with van der Waals surface area (Å²) in [6.45, 7) is 1.80. The van der Waals surface area contributed by atoms with Gasteiger partial charge in [-0.3, -0.25) is 0 Å². The van der Waals surface area contributed by atoms with Crippen molar-refractivity contribution in [1.29, 1.82) is 0 Å². The van der Waals surface area contributed by atoms with Crippen LogP contribution in [0.3, 0.4) is 0 Å². The molecule has 1 aliphatic heterocycles. The van der Waals surface area contributed by atoms with Crippen LogP contribution in [0.15, 0.2) is 30.6 Å². The summed E-state index contributed by atoms with van der Waals surface area (Å²) in [4.78, 5) is 7.39. The second-order valence-corrected chi connectivity index (χ2v) is 5.48. The maximum Gasteiger partial charge on any atom is 0.419 e. The van der Waals surface area contributed by atoms with Gasteiger partial charge in [-0.15, -0.1) is 0 Å². The van der Waals surface area contributed by atoms with Gasteiger partial charge in [0.05, 0.1) is 18.3 Å². The molecule has 0 aliphatic carbocycles. The second-order valence-electron chi connectivity index (χ2n) is 5.48. The van der Waals surface area contributed by atoms with Gasteiger partial charge < -0.3 is 10.1 Å². The third-order valence-electron chi connectivity index (χ3n) is 3.73. The molecule has 1 N–H and O–H groups in total. The number of nitrogens with zero attached hydrogens (tertiary/aromatic N) is 2. The Morgan fingerprint density at radius 3 is 2.54 bits per heavy atom. The van der Waals surface area contributed by atoms with Crippen LogP contribution in [0.2, 0.25) is 0 Å². The topological polar surface area (TPSA) is 47.0 Å². The smallest absolute Gasteiger partial charge is 0.371 e. The molecule has 0 saturated carbocycles. The highest BCUT2D eigenvalue weighted by Crippen LogP contribution is 2.28. The molecule has 0 spiro atoms. The number of hydrogen-bond acceptors (Lipinski definition) is 4. The largest absolute Gasteiger partial charge is 0.419 e. The van der Waals surface area contributed by atoms with Crippen molar-refractivity contribution in [2.24, 2.45) is 0 Å². The molecule has 128 valence electrons. The monoisotopic (exact) mass is 341 g/mol. The number of benzene rings is 1. The van der Waals surface area contributed by atoms with E-state index in [4.69, 9.17) is 4.74 Å². The predicted molar refractivity (Wildman–Crippen MR) is 77.8 cm³/mol. The van der Waals surface area contributed by atoms with Gasteiger partial charge in [-0.2, -0.15) is 13.2 Å². The molecule has 1 aromatic heterocycles.